The molecular weight excluding hydrogens is 554 g/mol. The van der Waals surface area contributed by atoms with E-state index in [1.807, 2.05) is 12.2 Å². The van der Waals surface area contributed by atoms with E-state index in [9.17, 15) is 0 Å². The molecule has 0 radical (unpaired) electrons. The Kier molecular flexibility index (Phi) is 11.8. The zero-order valence-electron chi connectivity index (χ0n) is 29.2. The molecule has 0 atom stereocenters. The molecule has 1 aromatic rings. The molecule has 0 saturated carbocycles. The van der Waals surface area contributed by atoms with E-state index in [0.717, 1.165) is 89.4 Å². The summed E-state index contributed by atoms with van der Waals surface area (Å²) in [5.41, 5.74) is 0.0336. The van der Waals surface area contributed by atoms with E-state index in [-0.39, 0.29) is 27.4 Å². The molecule has 0 amide bonds. The third-order valence-corrected chi connectivity index (χ3v) is 10.1. The Morgan fingerprint density at radius 3 is 1.28 bits per heavy atom. The average Bonchev–Trinajstić information content (AvgIpc) is 2.88. The number of rotatable bonds is 14. The second-order valence-electron chi connectivity index (χ2n) is 15.5. The van der Waals surface area contributed by atoms with Gasteiger partial charge in [0.25, 0.3) is 0 Å². The molecule has 2 aliphatic rings. The molecule has 0 unspecified atom stereocenters. The van der Waals surface area contributed by atoms with Crippen molar-refractivity contribution < 1.29 is 0 Å². The van der Waals surface area contributed by atoms with Crippen LogP contribution < -0.4 is 9.80 Å². The van der Waals surface area contributed by atoms with Crippen molar-refractivity contribution >= 4 is 23.5 Å². The largest absolute Gasteiger partial charge is 0.338 e. The minimum absolute atomic E-state index is 0.00839. The van der Waals surface area contributed by atoms with Gasteiger partial charge in [-0.3, -0.25) is 9.80 Å². The molecule has 0 aliphatic carbocycles. The molecule has 2 aliphatic heterocycles. The van der Waals surface area contributed by atoms with E-state index in [0.29, 0.717) is 12.1 Å². The highest BCUT2D eigenvalue weighted by Gasteiger charge is 2.48. The fourth-order valence-electron chi connectivity index (χ4n) is 8.35. The van der Waals surface area contributed by atoms with Crippen LogP contribution >= 0.6 is 11.6 Å². The topological polar surface area (TPSA) is 51.6 Å². The van der Waals surface area contributed by atoms with Crippen molar-refractivity contribution in [2.24, 2.45) is 0 Å². The first-order chi connectivity index (χ1) is 20.0. The van der Waals surface area contributed by atoms with Crippen LogP contribution in [0.25, 0.3) is 0 Å². The molecule has 0 spiro atoms. The summed E-state index contributed by atoms with van der Waals surface area (Å²) < 4.78 is 0. The molecule has 2 fully saturated rings. The summed E-state index contributed by atoms with van der Waals surface area (Å²) >= 11 is 6.78. The molecule has 8 heteroatoms. The molecule has 43 heavy (non-hydrogen) atoms. The van der Waals surface area contributed by atoms with E-state index in [1.54, 1.807) is 0 Å². The second-order valence-corrected chi connectivity index (χ2v) is 15.8. The number of halogens is 1. The highest BCUT2D eigenvalue weighted by molar-refractivity contribution is 6.28. The Morgan fingerprint density at radius 1 is 0.674 bits per heavy atom. The van der Waals surface area contributed by atoms with Gasteiger partial charge in [-0.25, -0.2) is 0 Å². The quantitative estimate of drug-likeness (QED) is 0.196. The van der Waals surface area contributed by atoms with Gasteiger partial charge in [0.2, 0.25) is 17.2 Å². The maximum Gasteiger partial charge on any atom is 0.231 e. The number of aromatic nitrogens is 3. The summed E-state index contributed by atoms with van der Waals surface area (Å²) in [6, 6.07) is 0.598. The Labute approximate surface area is 269 Å². The minimum atomic E-state index is 0.00839. The van der Waals surface area contributed by atoms with Gasteiger partial charge in [-0.1, -0.05) is 38.8 Å². The molecule has 7 nitrogen and oxygen atoms in total. The summed E-state index contributed by atoms with van der Waals surface area (Å²) in [5.74, 6) is 1.45. The van der Waals surface area contributed by atoms with Gasteiger partial charge in [0, 0.05) is 60.4 Å². The molecule has 3 heterocycles. The first-order valence-electron chi connectivity index (χ1n) is 16.7. The van der Waals surface area contributed by atoms with Crippen LogP contribution in [0.5, 0.6) is 0 Å². The van der Waals surface area contributed by atoms with Crippen molar-refractivity contribution in [3.8, 4) is 0 Å². The summed E-state index contributed by atoms with van der Waals surface area (Å²) in [6.07, 6.45) is 12.5. The number of hydrogen-bond acceptors (Lipinski definition) is 7. The Bertz CT molecular complexity index is 966. The lowest BCUT2D eigenvalue weighted by molar-refractivity contribution is -0.0263. The lowest BCUT2D eigenvalue weighted by Gasteiger charge is -2.57. The average molecular weight is 616 g/mol. The van der Waals surface area contributed by atoms with Gasteiger partial charge in [0.1, 0.15) is 0 Å². The van der Waals surface area contributed by atoms with Gasteiger partial charge in [0.15, 0.2) is 0 Å². The highest BCUT2D eigenvalue weighted by Crippen LogP contribution is 2.43. The molecule has 0 aromatic carbocycles. The smallest absolute Gasteiger partial charge is 0.231 e. The Morgan fingerprint density at radius 2 is 1.00 bits per heavy atom. The van der Waals surface area contributed by atoms with Crippen LogP contribution in [0.2, 0.25) is 5.28 Å². The molecule has 0 N–H and O–H groups in total. The van der Waals surface area contributed by atoms with E-state index in [2.05, 4.69) is 102 Å². The van der Waals surface area contributed by atoms with Crippen molar-refractivity contribution in [1.82, 2.24) is 24.8 Å². The van der Waals surface area contributed by atoms with Crippen molar-refractivity contribution in [2.75, 3.05) is 36.0 Å². The Hall–Kier alpha value is -1.70. The van der Waals surface area contributed by atoms with Crippen LogP contribution in [0.1, 0.15) is 121 Å². The third kappa shape index (κ3) is 8.32. The normalized spacial score (nSPS) is 22.3. The fraction of sp³-hybridized carbons (Fsp3) is 0.800. The molecule has 0 bridgehead atoms. The monoisotopic (exact) mass is 615 g/mol. The lowest BCUT2D eigenvalue weighted by atomic mass is 9.76. The minimum Gasteiger partial charge on any atom is -0.338 e. The van der Waals surface area contributed by atoms with E-state index >= 15 is 0 Å². The fourth-order valence-corrected chi connectivity index (χ4v) is 8.50. The van der Waals surface area contributed by atoms with Gasteiger partial charge in [-0.2, -0.15) is 15.0 Å². The van der Waals surface area contributed by atoms with Crippen LogP contribution in [0.4, 0.5) is 11.9 Å². The molecule has 1 aromatic heterocycles. The third-order valence-electron chi connectivity index (χ3n) is 9.97. The summed E-state index contributed by atoms with van der Waals surface area (Å²) in [5, 5.41) is 0.285. The van der Waals surface area contributed by atoms with Crippen LogP contribution in [0, 0.1) is 0 Å². The van der Waals surface area contributed by atoms with Crippen molar-refractivity contribution in [1.29, 1.82) is 0 Å². The van der Waals surface area contributed by atoms with E-state index in [1.165, 1.54) is 0 Å². The standard InChI is InChI=1S/C35H62ClN7/c1-13-17-21-40(27-23-32(5,6)42(19-15-3)33(7,8)24-27)30-37-29(36)38-31(39-30)41(22-18-14-2)28-25-34(9,10)43(20-16-4)35(11,12)26-28/h15-16,27-28H,3-4,13-14,17-26H2,1-2,5-12H3. The predicted octanol–water partition coefficient (Wildman–Crippen LogP) is 8.15. The van der Waals surface area contributed by atoms with Gasteiger partial charge in [-0.05, 0) is 106 Å². The molecular formula is C35H62ClN7. The van der Waals surface area contributed by atoms with Crippen LogP contribution in [0.15, 0.2) is 25.3 Å². The van der Waals surface area contributed by atoms with Crippen LogP contribution in [-0.4, -0.2) is 85.2 Å². The maximum absolute atomic E-state index is 6.78. The highest BCUT2D eigenvalue weighted by atomic mass is 35.5. The summed E-state index contributed by atoms with van der Waals surface area (Å²) in [6.45, 7) is 35.1. The zero-order valence-corrected chi connectivity index (χ0v) is 30.0. The number of hydrogen-bond donors (Lipinski definition) is 0. The Balaban J connectivity index is 2.04. The first kappa shape index (κ1) is 35.8. The summed E-state index contributed by atoms with van der Waals surface area (Å²) in [4.78, 5) is 25.0. The van der Waals surface area contributed by atoms with Gasteiger partial charge >= 0.3 is 0 Å². The van der Waals surface area contributed by atoms with E-state index < -0.39 is 0 Å². The predicted molar refractivity (Wildman–Crippen MR) is 186 cm³/mol. The summed E-state index contributed by atoms with van der Waals surface area (Å²) in [7, 11) is 0. The number of nitrogens with zero attached hydrogens (tertiary/aromatic N) is 7. The maximum atomic E-state index is 6.78. The van der Waals surface area contributed by atoms with Crippen molar-refractivity contribution in [3.63, 3.8) is 0 Å². The molecule has 3 rings (SSSR count). The van der Waals surface area contributed by atoms with Gasteiger partial charge in [-0.15, -0.1) is 13.2 Å². The number of anilines is 2. The number of unbranched alkanes of at least 4 members (excludes halogenated alkanes) is 2. The molecule has 2 saturated heterocycles. The van der Waals surface area contributed by atoms with Gasteiger partial charge in [0.05, 0.1) is 0 Å². The SMILES string of the molecule is C=CCN1C(C)(C)CC(N(CCCC)c2nc(Cl)nc(N(CCCC)C3CC(C)(C)N(CC=C)C(C)(C)C3)n2)CC1(C)C. The zero-order chi connectivity index (χ0) is 32.2. The van der Waals surface area contributed by atoms with Crippen molar-refractivity contribution in [2.45, 2.75) is 155 Å². The van der Waals surface area contributed by atoms with Crippen LogP contribution in [0.3, 0.4) is 0 Å². The lowest BCUT2D eigenvalue weighted by Crippen LogP contribution is -2.64. The molecule has 244 valence electrons. The second kappa shape index (κ2) is 14.2. The number of piperidine rings is 2. The van der Waals surface area contributed by atoms with Crippen LogP contribution in [-0.2, 0) is 0 Å². The van der Waals surface area contributed by atoms with E-state index in [4.69, 9.17) is 26.6 Å². The first-order valence-corrected chi connectivity index (χ1v) is 17.1. The van der Waals surface area contributed by atoms with Crippen molar-refractivity contribution in [3.05, 3.63) is 30.6 Å². The number of likely N-dealkylation sites (tertiary alicyclic amines) is 2. The van der Waals surface area contributed by atoms with Gasteiger partial charge < -0.3 is 9.80 Å².